The van der Waals surface area contributed by atoms with Gasteiger partial charge >= 0.3 is 6.36 Å². The fourth-order valence-corrected chi connectivity index (χ4v) is 2.75. The van der Waals surface area contributed by atoms with Crippen molar-refractivity contribution in [3.05, 3.63) is 58.6 Å². The molecule has 142 valence electrons. The zero-order chi connectivity index (χ0) is 19.2. The maximum absolute atomic E-state index is 12.2. The summed E-state index contributed by atoms with van der Waals surface area (Å²) in [4.78, 5) is 0. The Bertz CT molecular complexity index is 705. The molecule has 0 saturated carbocycles. The van der Waals surface area contributed by atoms with Gasteiger partial charge in [0.2, 0.25) is 0 Å². The first-order valence-electron chi connectivity index (χ1n) is 8.26. The summed E-state index contributed by atoms with van der Waals surface area (Å²) < 4.78 is 46.2. The maximum Gasteiger partial charge on any atom is 0.573 e. The van der Waals surface area contributed by atoms with Gasteiger partial charge in [-0.05, 0) is 60.8 Å². The predicted octanol–water partition coefficient (Wildman–Crippen LogP) is 5.00. The third-order valence-electron chi connectivity index (χ3n) is 3.90. The van der Waals surface area contributed by atoms with Gasteiger partial charge in [-0.25, -0.2) is 0 Å². The second kappa shape index (κ2) is 9.14. The summed E-state index contributed by atoms with van der Waals surface area (Å²) in [6.45, 7) is 2.82. The Morgan fingerprint density at radius 3 is 2.31 bits per heavy atom. The zero-order valence-electron chi connectivity index (χ0n) is 14.4. The van der Waals surface area contributed by atoms with Gasteiger partial charge in [-0.3, -0.25) is 0 Å². The molecule has 1 atom stereocenters. The van der Waals surface area contributed by atoms with Gasteiger partial charge in [0.1, 0.15) is 11.5 Å². The van der Waals surface area contributed by atoms with Gasteiger partial charge in [-0.1, -0.05) is 30.7 Å². The highest BCUT2D eigenvalue weighted by Gasteiger charge is 2.30. The lowest BCUT2D eigenvalue weighted by Crippen LogP contribution is -2.23. The average molecular weight is 388 g/mol. The highest BCUT2D eigenvalue weighted by Crippen LogP contribution is 2.25. The first-order valence-corrected chi connectivity index (χ1v) is 8.64. The minimum absolute atomic E-state index is 0.0325. The summed E-state index contributed by atoms with van der Waals surface area (Å²) in [6.07, 6.45) is -3.29. The van der Waals surface area contributed by atoms with E-state index in [1.807, 2.05) is 13.0 Å². The molecule has 2 rings (SSSR count). The average Bonchev–Trinajstić information content (AvgIpc) is 2.60. The monoisotopic (exact) mass is 387 g/mol. The molecule has 0 aliphatic rings. The molecule has 2 aromatic carbocycles. The smallest absolute Gasteiger partial charge is 0.493 e. The van der Waals surface area contributed by atoms with Crippen LogP contribution in [0.5, 0.6) is 11.5 Å². The molecule has 2 N–H and O–H groups in total. The van der Waals surface area contributed by atoms with Crippen LogP contribution >= 0.6 is 11.6 Å². The highest BCUT2D eigenvalue weighted by atomic mass is 35.5. The number of benzene rings is 2. The lowest BCUT2D eigenvalue weighted by molar-refractivity contribution is -0.274. The van der Waals surface area contributed by atoms with Crippen molar-refractivity contribution in [3.63, 3.8) is 0 Å². The van der Waals surface area contributed by atoms with Crippen molar-refractivity contribution in [1.82, 2.24) is 0 Å². The van der Waals surface area contributed by atoms with Gasteiger partial charge in [0.25, 0.3) is 0 Å². The number of aryl methyl sites for hydroxylation is 1. The number of ether oxygens (including phenoxy) is 2. The molecule has 0 aliphatic carbocycles. The van der Waals surface area contributed by atoms with E-state index >= 15 is 0 Å². The lowest BCUT2D eigenvalue weighted by Gasteiger charge is -2.17. The standard InChI is InChI=1S/C19H21ClF3NO2/c1-2-15-10-17(7-8-18(15)20)25-12-14(11-24)9-13-3-5-16(6-4-13)26-19(21,22)23/h3-8,10,14H,2,9,11-12,24H2,1H3. The second-order valence-corrected chi connectivity index (χ2v) is 6.32. The lowest BCUT2D eigenvalue weighted by atomic mass is 10.00. The van der Waals surface area contributed by atoms with Crippen LogP contribution in [0, 0.1) is 5.92 Å². The van der Waals surface area contributed by atoms with E-state index in [0.717, 1.165) is 23.3 Å². The summed E-state index contributed by atoms with van der Waals surface area (Å²) in [5, 5.41) is 0.705. The Morgan fingerprint density at radius 1 is 1.08 bits per heavy atom. The summed E-state index contributed by atoms with van der Waals surface area (Å²) in [5.41, 5.74) is 7.68. The van der Waals surface area contributed by atoms with E-state index in [9.17, 15) is 13.2 Å². The SMILES string of the molecule is CCc1cc(OCC(CN)Cc2ccc(OC(F)(F)F)cc2)ccc1Cl. The largest absolute Gasteiger partial charge is 0.573 e. The predicted molar refractivity (Wildman–Crippen MR) is 95.7 cm³/mol. The van der Waals surface area contributed by atoms with Crippen molar-refractivity contribution in [2.45, 2.75) is 26.1 Å². The van der Waals surface area contributed by atoms with Gasteiger partial charge < -0.3 is 15.2 Å². The summed E-state index contributed by atoms with van der Waals surface area (Å²) in [7, 11) is 0. The topological polar surface area (TPSA) is 44.5 Å². The number of hydrogen-bond donors (Lipinski definition) is 1. The fraction of sp³-hybridized carbons (Fsp3) is 0.368. The van der Waals surface area contributed by atoms with E-state index < -0.39 is 6.36 Å². The van der Waals surface area contributed by atoms with Crippen LogP contribution in [-0.4, -0.2) is 19.5 Å². The van der Waals surface area contributed by atoms with Gasteiger partial charge in [-0.2, -0.15) is 0 Å². The first kappa shape index (κ1) is 20.4. The molecule has 0 fully saturated rings. The second-order valence-electron chi connectivity index (χ2n) is 5.92. The van der Waals surface area contributed by atoms with Crippen molar-refractivity contribution in [1.29, 1.82) is 0 Å². The molecule has 1 unspecified atom stereocenters. The van der Waals surface area contributed by atoms with Crippen molar-refractivity contribution in [2.24, 2.45) is 11.7 Å². The van der Waals surface area contributed by atoms with Crippen LogP contribution in [-0.2, 0) is 12.8 Å². The van der Waals surface area contributed by atoms with Gasteiger partial charge in [-0.15, -0.1) is 13.2 Å². The number of nitrogens with two attached hydrogens (primary N) is 1. The Hall–Kier alpha value is -1.92. The van der Waals surface area contributed by atoms with E-state index in [1.54, 1.807) is 24.3 Å². The van der Waals surface area contributed by atoms with Crippen LogP contribution < -0.4 is 15.2 Å². The Morgan fingerprint density at radius 2 is 1.73 bits per heavy atom. The van der Waals surface area contributed by atoms with Crippen molar-refractivity contribution in [3.8, 4) is 11.5 Å². The Labute approximate surface area is 155 Å². The summed E-state index contributed by atoms with van der Waals surface area (Å²) >= 11 is 6.09. The fourth-order valence-electron chi connectivity index (χ4n) is 2.50. The zero-order valence-corrected chi connectivity index (χ0v) is 15.1. The van der Waals surface area contributed by atoms with Crippen LogP contribution in [0.2, 0.25) is 5.02 Å². The highest BCUT2D eigenvalue weighted by molar-refractivity contribution is 6.31. The maximum atomic E-state index is 12.2. The van der Waals surface area contributed by atoms with Crippen LogP contribution in [0.15, 0.2) is 42.5 Å². The molecule has 0 bridgehead atoms. The molecule has 0 amide bonds. The van der Waals surface area contributed by atoms with Crippen LogP contribution in [0.4, 0.5) is 13.2 Å². The van der Waals surface area contributed by atoms with Gasteiger partial charge in [0, 0.05) is 10.9 Å². The minimum atomic E-state index is -4.69. The number of hydrogen-bond acceptors (Lipinski definition) is 3. The number of rotatable bonds is 8. The first-order chi connectivity index (χ1) is 12.3. The molecule has 26 heavy (non-hydrogen) atoms. The van der Waals surface area contributed by atoms with Gasteiger partial charge in [0.15, 0.2) is 0 Å². The summed E-state index contributed by atoms with van der Waals surface area (Å²) in [5.74, 6) is 0.513. The number of alkyl halides is 3. The third kappa shape index (κ3) is 6.42. The molecule has 0 aromatic heterocycles. The Kier molecular flexibility index (Phi) is 7.17. The molecular weight excluding hydrogens is 367 g/mol. The normalized spacial score (nSPS) is 12.7. The third-order valence-corrected chi connectivity index (χ3v) is 4.27. The van der Waals surface area contributed by atoms with E-state index in [-0.39, 0.29) is 11.7 Å². The minimum Gasteiger partial charge on any atom is -0.493 e. The van der Waals surface area contributed by atoms with Crippen LogP contribution in [0.25, 0.3) is 0 Å². The molecule has 0 aliphatic heterocycles. The molecule has 0 spiro atoms. The van der Waals surface area contributed by atoms with E-state index in [1.165, 1.54) is 12.1 Å². The van der Waals surface area contributed by atoms with Crippen molar-refractivity contribution >= 4 is 11.6 Å². The molecule has 0 saturated heterocycles. The molecule has 2 aromatic rings. The van der Waals surface area contributed by atoms with E-state index in [0.29, 0.717) is 24.6 Å². The molecule has 7 heteroatoms. The number of halogens is 4. The molecule has 0 heterocycles. The molecular formula is C19H21ClF3NO2. The summed E-state index contributed by atoms with van der Waals surface area (Å²) in [6, 6.07) is 11.3. The van der Waals surface area contributed by atoms with Crippen molar-refractivity contribution < 1.29 is 22.6 Å². The van der Waals surface area contributed by atoms with Crippen LogP contribution in [0.3, 0.4) is 0 Å². The van der Waals surface area contributed by atoms with Crippen LogP contribution in [0.1, 0.15) is 18.1 Å². The van der Waals surface area contributed by atoms with Gasteiger partial charge in [0.05, 0.1) is 6.61 Å². The van der Waals surface area contributed by atoms with E-state index in [4.69, 9.17) is 22.1 Å². The van der Waals surface area contributed by atoms with Crippen molar-refractivity contribution in [2.75, 3.05) is 13.2 Å². The van der Waals surface area contributed by atoms with E-state index in [2.05, 4.69) is 4.74 Å². The Balaban J connectivity index is 1.92. The molecule has 0 radical (unpaired) electrons. The quantitative estimate of drug-likeness (QED) is 0.693. The molecule has 3 nitrogen and oxygen atoms in total.